The maximum atomic E-state index is 12.4. The van der Waals surface area contributed by atoms with Gasteiger partial charge in [-0.15, -0.1) is 0 Å². The van der Waals surface area contributed by atoms with Gasteiger partial charge in [0.15, 0.2) is 0 Å². The van der Waals surface area contributed by atoms with Crippen molar-refractivity contribution in [2.45, 2.75) is 51.4 Å². The van der Waals surface area contributed by atoms with E-state index < -0.39 is 0 Å². The maximum Gasteiger partial charge on any atom is 0.222 e. The van der Waals surface area contributed by atoms with E-state index in [4.69, 9.17) is 27.9 Å². The van der Waals surface area contributed by atoms with Crippen LogP contribution in [0.5, 0.6) is 0 Å². The van der Waals surface area contributed by atoms with Gasteiger partial charge in [0.05, 0.1) is 12.2 Å². The second-order valence-electron chi connectivity index (χ2n) is 7.83. The number of benzene rings is 2. The molecule has 27 heavy (non-hydrogen) atoms. The van der Waals surface area contributed by atoms with Gasteiger partial charge < -0.3 is 10.1 Å². The third kappa shape index (κ3) is 5.04. The van der Waals surface area contributed by atoms with Gasteiger partial charge in [0.2, 0.25) is 5.91 Å². The van der Waals surface area contributed by atoms with Crippen LogP contribution in [0.3, 0.4) is 0 Å². The minimum absolute atomic E-state index is 0.0594. The highest BCUT2D eigenvalue weighted by molar-refractivity contribution is 6.30. The van der Waals surface area contributed by atoms with E-state index in [0.29, 0.717) is 22.9 Å². The second-order valence-corrected chi connectivity index (χ2v) is 8.70. The first-order chi connectivity index (χ1) is 12.8. The molecule has 2 aromatic carbocycles. The van der Waals surface area contributed by atoms with E-state index in [9.17, 15) is 4.79 Å². The van der Waals surface area contributed by atoms with Crippen LogP contribution in [0, 0.1) is 5.92 Å². The van der Waals surface area contributed by atoms with Crippen LogP contribution < -0.4 is 5.32 Å². The monoisotopic (exact) mass is 405 g/mol. The summed E-state index contributed by atoms with van der Waals surface area (Å²) in [6, 6.07) is 15.4. The first-order valence-electron chi connectivity index (χ1n) is 9.24. The van der Waals surface area contributed by atoms with E-state index in [-0.39, 0.29) is 29.6 Å². The van der Waals surface area contributed by atoms with Gasteiger partial charge in [0.25, 0.3) is 0 Å². The molecule has 1 saturated heterocycles. The third-order valence-corrected chi connectivity index (χ3v) is 5.54. The van der Waals surface area contributed by atoms with Crippen molar-refractivity contribution >= 4 is 29.1 Å². The number of ether oxygens (including phenoxy) is 1. The summed E-state index contributed by atoms with van der Waals surface area (Å²) in [5, 5.41) is 4.63. The molecule has 5 heteroatoms. The molecule has 1 amide bonds. The fourth-order valence-corrected chi connectivity index (χ4v) is 3.74. The lowest BCUT2D eigenvalue weighted by Gasteiger charge is -2.43. The molecule has 3 rings (SSSR count). The summed E-state index contributed by atoms with van der Waals surface area (Å²) in [4.78, 5) is 12.4. The molecular weight excluding hydrogens is 381 g/mol. The Hall–Kier alpha value is -1.55. The lowest BCUT2D eigenvalue weighted by atomic mass is 9.81. The molecule has 0 aromatic heterocycles. The molecular formula is C22H25Cl2NO2. The number of nitrogens with one attached hydrogen (secondary N) is 1. The van der Waals surface area contributed by atoms with E-state index in [1.54, 1.807) is 0 Å². The molecule has 1 aliphatic heterocycles. The molecule has 1 unspecified atom stereocenters. The number of hydrogen-bond acceptors (Lipinski definition) is 2. The zero-order chi connectivity index (χ0) is 19.6. The molecule has 1 fully saturated rings. The average Bonchev–Trinajstić information content (AvgIpc) is 2.62. The Morgan fingerprint density at radius 1 is 0.963 bits per heavy atom. The Kier molecular flexibility index (Phi) is 6.15. The molecule has 1 aliphatic rings. The first-order valence-corrected chi connectivity index (χ1v) is 10.00. The van der Waals surface area contributed by atoms with Gasteiger partial charge >= 0.3 is 0 Å². The average molecular weight is 406 g/mol. The van der Waals surface area contributed by atoms with Gasteiger partial charge in [-0.3, -0.25) is 4.79 Å². The van der Waals surface area contributed by atoms with Crippen molar-refractivity contribution < 1.29 is 9.53 Å². The van der Waals surface area contributed by atoms with Crippen molar-refractivity contribution in [3.63, 3.8) is 0 Å². The summed E-state index contributed by atoms with van der Waals surface area (Å²) >= 11 is 12.1. The van der Waals surface area contributed by atoms with Crippen LogP contribution in [0.15, 0.2) is 48.5 Å². The zero-order valence-corrected chi connectivity index (χ0v) is 17.3. The summed E-state index contributed by atoms with van der Waals surface area (Å²) in [5.74, 6) is -0.00301. The Morgan fingerprint density at radius 3 is 1.74 bits per heavy atom. The molecule has 1 N–H and O–H groups in total. The predicted molar refractivity (Wildman–Crippen MR) is 110 cm³/mol. The van der Waals surface area contributed by atoms with Crippen molar-refractivity contribution in [3.05, 3.63) is 69.7 Å². The second kappa shape index (κ2) is 8.22. The van der Waals surface area contributed by atoms with E-state index in [2.05, 4.69) is 12.2 Å². The highest BCUT2D eigenvalue weighted by atomic mass is 35.5. The highest BCUT2D eigenvalue weighted by Gasteiger charge is 2.40. The van der Waals surface area contributed by atoms with Crippen LogP contribution in [-0.2, 0) is 9.53 Å². The van der Waals surface area contributed by atoms with Crippen LogP contribution >= 0.6 is 23.2 Å². The number of rotatable bonds is 4. The molecule has 0 radical (unpaired) electrons. The van der Waals surface area contributed by atoms with Gasteiger partial charge in [-0.25, -0.2) is 0 Å². The Balaban J connectivity index is 1.91. The van der Waals surface area contributed by atoms with Gasteiger partial charge in [0.1, 0.15) is 0 Å². The maximum absolute atomic E-state index is 12.4. The fourth-order valence-electron chi connectivity index (χ4n) is 3.49. The molecule has 3 atom stereocenters. The highest BCUT2D eigenvalue weighted by Crippen LogP contribution is 2.44. The molecule has 0 aliphatic carbocycles. The van der Waals surface area contributed by atoms with Gasteiger partial charge in [0, 0.05) is 34.3 Å². The van der Waals surface area contributed by atoms with Crippen LogP contribution in [0.2, 0.25) is 10.0 Å². The molecule has 0 saturated carbocycles. The van der Waals surface area contributed by atoms with E-state index in [1.165, 1.54) is 0 Å². The minimum atomic E-state index is -0.367. The van der Waals surface area contributed by atoms with Crippen molar-refractivity contribution in [2.24, 2.45) is 5.92 Å². The lowest BCUT2D eigenvalue weighted by Crippen LogP contribution is -2.52. The molecule has 1 heterocycles. The van der Waals surface area contributed by atoms with Crippen molar-refractivity contribution in [1.29, 1.82) is 0 Å². The van der Waals surface area contributed by atoms with Crippen LogP contribution in [0.1, 0.15) is 56.9 Å². The minimum Gasteiger partial charge on any atom is -0.365 e. The quantitative estimate of drug-likeness (QED) is 0.665. The lowest BCUT2D eigenvalue weighted by molar-refractivity contribution is -0.131. The largest absolute Gasteiger partial charge is 0.365 e. The smallest absolute Gasteiger partial charge is 0.222 e. The predicted octanol–water partition coefficient (Wildman–Crippen LogP) is 6.12. The van der Waals surface area contributed by atoms with Crippen LogP contribution in [0.25, 0.3) is 0 Å². The summed E-state index contributed by atoms with van der Waals surface area (Å²) in [6.45, 7) is 5.92. The Labute approximate surface area is 171 Å². The van der Waals surface area contributed by atoms with Gasteiger partial charge in [-0.1, -0.05) is 61.3 Å². The first kappa shape index (κ1) is 20.2. The van der Waals surface area contributed by atoms with Crippen molar-refractivity contribution in [1.82, 2.24) is 5.32 Å². The van der Waals surface area contributed by atoms with Gasteiger partial charge in [-0.2, -0.15) is 0 Å². The standard InChI is InChI=1S/C22H25Cl2NO2/c1-14(2)21(26)25-22(3)12-19(15-4-8-17(23)9-5-15)27-20(13-22)16-6-10-18(24)11-7-16/h4-11,14,19-20H,12-13H2,1-3H3,(H,25,26)/t19-,20+,22?. The number of halogens is 2. The van der Waals surface area contributed by atoms with E-state index in [1.807, 2.05) is 62.4 Å². The number of amides is 1. The Bertz CT molecular complexity index is 733. The summed E-state index contributed by atoms with van der Waals surface area (Å²) < 4.78 is 6.44. The van der Waals surface area contributed by atoms with Crippen LogP contribution in [0.4, 0.5) is 0 Å². The summed E-state index contributed by atoms with van der Waals surface area (Å²) in [7, 11) is 0. The number of hydrogen-bond donors (Lipinski definition) is 1. The summed E-state index contributed by atoms with van der Waals surface area (Å²) in [6.07, 6.45) is 1.15. The normalized spacial score (nSPS) is 25.4. The number of carbonyl (C=O) groups is 1. The topological polar surface area (TPSA) is 38.3 Å². The van der Waals surface area contributed by atoms with E-state index >= 15 is 0 Å². The number of carbonyl (C=O) groups excluding carboxylic acids is 1. The third-order valence-electron chi connectivity index (χ3n) is 5.03. The fraction of sp³-hybridized carbons (Fsp3) is 0.409. The van der Waals surface area contributed by atoms with Crippen molar-refractivity contribution in [3.8, 4) is 0 Å². The van der Waals surface area contributed by atoms with Crippen molar-refractivity contribution in [2.75, 3.05) is 0 Å². The SMILES string of the molecule is CC(C)C(=O)NC1(C)C[C@@H](c2ccc(Cl)cc2)O[C@@H](c2ccc(Cl)cc2)C1. The summed E-state index contributed by atoms with van der Waals surface area (Å²) in [5.41, 5.74) is 1.75. The van der Waals surface area contributed by atoms with Crippen LogP contribution in [-0.4, -0.2) is 11.4 Å². The molecule has 0 spiro atoms. The molecule has 0 bridgehead atoms. The molecule has 3 nitrogen and oxygen atoms in total. The molecule has 144 valence electrons. The van der Waals surface area contributed by atoms with Gasteiger partial charge in [-0.05, 0) is 42.3 Å². The zero-order valence-electron chi connectivity index (χ0n) is 15.8. The Morgan fingerprint density at radius 2 is 1.37 bits per heavy atom. The molecule has 2 aromatic rings. The van der Waals surface area contributed by atoms with E-state index in [0.717, 1.165) is 11.1 Å².